The van der Waals surface area contributed by atoms with Gasteiger partial charge in [0, 0.05) is 39.1 Å². The first-order valence-electron chi connectivity index (χ1n) is 8.25. The maximum absolute atomic E-state index is 12.5. The van der Waals surface area contributed by atoms with Crippen molar-refractivity contribution >= 4 is 18.1 Å². The molecule has 3 rings (SSSR count). The third kappa shape index (κ3) is 3.41. The molecule has 2 aliphatic rings. The van der Waals surface area contributed by atoms with E-state index < -0.39 is 0 Å². The quantitative estimate of drug-likeness (QED) is 0.793. The smallest absolute Gasteiger partial charge is 0.225 e. The topological polar surface area (TPSA) is 46.3 Å². The molecule has 7 heteroatoms. The Balaban J connectivity index is 1.50. The molecule has 0 radical (unpaired) electrons. The number of rotatable bonds is 3. The molecule has 0 atom stereocenters. The van der Waals surface area contributed by atoms with Gasteiger partial charge in [-0.3, -0.25) is 9.69 Å². The van der Waals surface area contributed by atoms with Crippen molar-refractivity contribution in [3.05, 3.63) is 11.1 Å². The number of carbonyl (C=O) groups excluding carboxylic acids is 1. The van der Waals surface area contributed by atoms with Crippen LogP contribution in [0, 0.1) is 10.7 Å². The summed E-state index contributed by atoms with van der Waals surface area (Å²) in [6.45, 7) is 4.17. The van der Waals surface area contributed by atoms with Crippen LogP contribution in [-0.4, -0.2) is 56.2 Å². The monoisotopic (exact) mass is 323 g/mol. The molecular weight excluding hydrogens is 298 g/mol. The molecule has 0 spiro atoms. The number of carbonyl (C=O) groups is 1. The molecule has 1 aromatic rings. The van der Waals surface area contributed by atoms with Gasteiger partial charge in [-0.1, -0.05) is 19.3 Å². The van der Waals surface area contributed by atoms with Gasteiger partial charge in [-0.15, -0.1) is 0 Å². The van der Waals surface area contributed by atoms with Gasteiger partial charge in [-0.05, 0) is 25.1 Å². The second kappa shape index (κ2) is 6.91. The van der Waals surface area contributed by atoms with Crippen molar-refractivity contribution in [1.82, 2.24) is 24.1 Å². The second-order valence-electron chi connectivity index (χ2n) is 6.44. The van der Waals surface area contributed by atoms with Crippen molar-refractivity contribution < 1.29 is 4.79 Å². The first-order valence-corrected chi connectivity index (χ1v) is 8.65. The van der Waals surface area contributed by atoms with Crippen LogP contribution < -0.4 is 0 Å². The molecule has 1 aliphatic carbocycles. The SMILES string of the molecule is Cn1cnn(CN2CCN(C(=O)C3CCCCC3)CC2)c1=S. The van der Waals surface area contributed by atoms with Gasteiger partial charge in [-0.25, -0.2) is 4.68 Å². The van der Waals surface area contributed by atoms with E-state index in [4.69, 9.17) is 12.2 Å². The van der Waals surface area contributed by atoms with Crippen molar-refractivity contribution in [2.75, 3.05) is 26.2 Å². The van der Waals surface area contributed by atoms with Crippen LogP contribution >= 0.6 is 12.2 Å². The number of aryl methyl sites for hydroxylation is 1. The van der Waals surface area contributed by atoms with Crippen molar-refractivity contribution in [2.45, 2.75) is 38.8 Å². The Kier molecular flexibility index (Phi) is 4.93. The molecule has 0 unspecified atom stereocenters. The summed E-state index contributed by atoms with van der Waals surface area (Å²) in [6.07, 6.45) is 7.64. The van der Waals surface area contributed by atoms with Crippen LogP contribution in [0.2, 0.25) is 0 Å². The molecule has 1 saturated heterocycles. The third-order valence-electron chi connectivity index (χ3n) is 4.86. The average Bonchev–Trinajstić information content (AvgIpc) is 2.88. The lowest BCUT2D eigenvalue weighted by Gasteiger charge is -2.36. The van der Waals surface area contributed by atoms with E-state index in [0.29, 0.717) is 12.6 Å². The maximum Gasteiger partial charge on any atom is 0.225 e. The molecule has 2 fully saturated rings. The highest BCUT2D eigenvalue weighted by atomic mass is 32.1. The van der Waals surface area contributed by atoms with E-state index in [-0.39, 0.29) is 5.92 Å². The Hall–Kier alpha value is -1.21. The highest BCUT2D eigenvalue weighted by Crippen LogP contribution is 2.25. The van der Waals surface area contributed by atoms with E-state index in [9.17, 15) is 4.79 Å². The summed E-state index contributed by atoms with van der Waals surface area (Å²) in [6, 6.07) is 0. The summed E-state index contributed by atoms with van der Waals surface area (Å²) >= 11 is 5.32. The molecule has 122 valence electrons. The first-order chi connectivity index (χ1) is 10.6. The van der Waals surface area contributed by atoms with Gasteiger partial charge in [-0.2, -0.15) is 5.10 Å². The van der Waals surface area contributed by atoms with Gasteiger partial charge in [0.05, 0.1) is 6.67 Å². The highest BCUT2D eigenvalue weighted by Gasteiger charge is 2.28. The Morgan fingerprint density at radius 2 is 1.91 bits per heavy atom. The minimum Gasteiger partial charge on any atom is -0.340 e. The Labute approximate surface area is 136 Å². The minimum absolute atomic E-state index is 0.282. The lowest BCUT2D eigenvalue weighted by atomic mass is 9.88. The molecule has 0 N–H and O–H groups in total. The number of aromatic nitrogens is 3. The van der Waals surface area contributed by atoms with Gasteiger partial charge in [0.15, 0.2) is 4.77 Å². The maximum atomic E-state index is 12.5. The normalized spacial score (nSPS) is 21.2. The number of amides is 1. The van der Waals surface area contributed by atoms with Gasteiger partial charge in [0.1, 0.15) is 6.33 Å². The minimum atomic E-state index is 0.282. The fourth-order valence-electron chi connectivity index (χ4n) is 3.42. The highest BCUT2D eigenvalue weighted by molar-refractivity contribution is 7.71. The molecule has 1 aromatic heterocycles. The fraction of sp³-hybridized carbons (Fsp3) is 0.800. The van der Waals surface area contributed by atoms with E-state index in [1.165, 1.54) is 19.3 Å². The summed E-state index contributed by atoms with van der Waals surface area (Å²) in [5, 5.41) is 4.29. The second-order valence-corrected chi connectivity index (χ2v) is 6.81. The van der Waals surface area contributed by atoms with Crippen molar-refractivity contribution in [3.63, 3.8) is 0 Å². The van der Waals surface area contributed by atoms with Crippen molar-refractivity contribution in [2.24, 2.45) is 13.0 Å². The zero-order valence-electron chi connectivity index (χ0n) is 13.3. The Morgan fingerprint density at radius 1 is 1.23 bits per heavy atom. The van der Waals surface area contributed by atoms with E-state index in [1.54, 1.807) is 6.33 Å². The summed E-state index contributed by atoms with van der Waals surface area (Å²) in [5.41, 5.74) is 0. The number of nitrogens with zero attached hydrogens (tertiary/aromatic N) is 5. The molecule has 6 nitrogen and oxygen atoms in total. The predicted octanol–water partition coefficient (Wildman–Crippen LogP) is 1.63. The number of piperazine rings is 1. The Morgan fingerprint density at radius 3 is 2.50 bits per heavy atom. The molecule has 1 aliphatic heterocycles. The largest absolute Gasteiger partial charge is 0.340 e. The van der Waals surface area contributed by atoms with E-state index in [0.717, 1.165) is 43.8 Å². The van der Waals surface area contributed by atoms with Crippen LogP contribution in [0.4, 0.5) is 0 Å². The standard InChI is InChI=1S/C15H25N5OS/c1-17-11-16-20(15(17)22)12-18-7-9-19(10-8-18)14(21)13-5-3-2-4-6-13/h11,13H,2-10,12H2,1H3. The molecule has 0 bridgehead atoms. The van der Waals surface area contributed by atoms with E-state index in [1.807, 2.05) is 16.3 Å². The van der Waals surface area contributed by atoms with Crippen LogP contribution in [0.5, 0.6) is 0 Å². The third-order valence-corrected chi connectivity index (χ3v) is 5.36. The zero-order valence-corrected chi connectivity index (χ0v) is 14.1. The van der Waals surface area contributed by atoms with E-state index >= 15 is 0 Å². The van der Waals surface area contributed by atoms with Crippen LogP contribution in [0.1, 0.15) is 32.1 Å². The van der Waals surface area contributed by atoms with Crippen molar-refractivity contribution in [1.29, 1.82) is 0 Å². The first kappa shape index (κ1) is 15.7. The summed E-state index contributed by atoms with van der Waals surface area (Å²) in [5.74, 6) is 0.665. The van der Waals surface area contributed by atoms with Crippen LogP contribution in [-0.2, 0) is 18.5 Å². The lowest BCUT2D eigenvalue weighted by Crippen LogP contribution is -2.50. The zero-order chi connectivity index (χ0) is 15.5. The van der Waals surface area contributed by atoms with Gasteiger partial charge in [0.2, 0.25) is 5.91 Å². The van der Waals surface area contributed by atoms with Gasteiger partial charge < -0.3 is 9.47 Å². The van der Waals surface area contributed by atoms with Gasteiger partial charge >= 0.3 is 0 Å². The van der Waals surface area contributed by atoms with E-state index in [2.05, 4.69) is 14.9 Å². The predicted molar refractivity (Wildman–Crippen MR) is 86.8 cm³/mol. The van der Waals surface area contributed by atoms with Crippen LogP contribution in [0.3, 0.4) is 0 Å². The fourth-order valence-corrected chi connectivity index (χ4v) is 3.58. The summed E-state index contributed by atoms with van der Waals surface area (Å²) in [7, 11) is 1.91. The molecule has 1 amide bonds. The Bertz CT molecular complexity index is 567. The number of hydrogen-bond donors (Lipinski definition) is 0. The summed E-state index contributed by atoms with van der Waals surface area (Å²) < 4.78 is 4.42. The van der Waals surface area contributed by atoms with Crippen LogP contribution in [0.25, 0.3) is 0 Å². The lowest BCUT2D eigenvalue weighted by molar-refractivity contribution is -0.138. The van der Waals surface area contributed by atoms with Crippen LogP contribution in [0.15, 0.2) is 6.33 Å². The summed E-state index contributed by atoms with van der Waals surface area (Å²) in [4.78, 5) is 16.9. The molecule has 1 saturated carbocycles. The molecule has 22 heavy (non-hydrogen) atoms. The van der Waals surface area contributed by atoms with Crippen molar-refractivity contribution in [3.8, 4) is 0 Å². The molecule has 0 aromatic carbocycles. The average molecular weight is 323 g/mol. The molecule has 2 heterocycles. The van der Waals surface area contributed by atoms with Gasteiger partial charge in [0.25, 0.3) is 0 Å². The molecular formula is C15H25N5OS. The number of hydrogen-bond acceptors (Lipinski definition) is 4.